The number of rotatable bonds is 10. The Morgan fingerprint density at radius 2 is 1.90 bits per heavy atom. The number of ether oxygens (including phenoxy) is 1. The molecule has 2 saturated heterocycles. The van der Waals surface area contributed by atoms with Crippen LogP contribution in [-0.4, -0.2) is 77.4 Å². The van der Waals surface area contributed by atoms with Crippen LogP contribution in [0.5, 0.6) is 5.88 Å². The number of amides is 2. The maximum atomic E-state index is 14.7. The fourth-order valence-corrected chi connectivity index (χ4v) is 5.09. The summed E-state index contributed by atoms with van der Waals surface area (Å²) in [6.45, 7) is 6.83. The average molecular weight is 545 g/mol. The number of alkyl halides is 1. The SMILES string of the molecule is CCC(F)(CC)CN1CCC(COc2ccc(-c3ccc(C(=O)NC(=O)[C@@H]4C[C@@H](O)CN4)c(F)c3)cn2)CC1. The summed E-state index contributed by atoms with van der Waals surface area (Å²) in [6, 6.07) is 6.96. The number of hydrogen-bond donors (Lipinski definition) is 3. The number of carbonyl (C=O) groups is 2. The lowest BCUT2D eigenvalue weighted by molar-refractivity contribution is -0.121. The van der Waals surface area contributed by atoms with Gasteiger partial charge in [-0.1, -0.05) is 19.9 Å². The number of imide groups is 1. The molecule has 1 aromatic heterocycles. The predicted molar refractivity (Wildman–Crippen MR) is 144 cm³/mol. The molecule has 2 aliphatic rings. The fourth-order valence-electron chi connectivity index (χ4n) is 5.09. The summed E-state index contributed by atoms with van der Waals surface area (Å²) in [6.07, 6.45) is 4.11. The van der Waals surface area contributed by atoms with Crippen LogP contribution in [0.1, 0.15) is 56.3 Å². The van der Waals surface area contributed by atoms with Crippen molar-refractivity contribution in [2.45, 2.75) is 63.8 Å². The number of halogens is 2. The lowest BCUT2D eigenvalue weighted by Crippen LogP contribution is -2.44. The molecule has 3 N–H and O–H groups in total. The minimum Gasteiger partial charge on any atom is -0.477 e. The molecule has 0 saturated carbocycles. The van der Waals surface area contributed by atoms with E-state index >= 15 is 0 Å². The molecule has 2 amide bonds. The maximum absolute atomic E-state index is 14.7. The van der Waals surface area contributed by atoms with E-state index in [1.54, 1.807) is 24.4 Å². The number of nitrogens with one attached hydrogen (secondary N) is 2. The molecular formula is C29H38F2N4O4. The third-order valence-corrected chi connectivity index (χ3v) is 7.89. The molecule has 8 nitrogen and oxygen atoms in total. The Bertz CT molecular complexity index is 1130. The van der Waals surface area contributed by atoms with Crippen molar-refractivity contribution in [2.24, 2.45) is 5.92 Å². The molecule has 0 radical (unpaired) electrons. The summed E-state index contributed by atoms with van der Waals surface area (Å²) in [5, 5.41) is 14.5. The maximum Gasteiger partial charge on any atom is 0.260 e. The average Bonchev–Trinajstić information content (AvgIpc) is 3.39. The minimum atomic E-state index is -1.11. The first-order valence-electron chi connectivity index (χ1n) is 13.8. The van der Waals surface area contributed by atoms with Crippen LogP contribution in [0.2, 0.25) is 0 Å². The molecule has 2 atom stereocenters. The van der Waals surface area contributed by atoms with E-state index < -0.39 is 35.4 Å². The zero-order valence-corrected chi connectivity index (χ0v) is 22.6. The van der Waals surface area contributed by atoms with Gasteiger partial charge in [-0.3, -0.25) is 14.9 Å². The Balaban J connectivity index is 1.26. The van der Waals surface area contributed by atoms with Gasteiger partial charge in [0.25, 0.3) is 5.91 Å². The molecule has 2 aliphatic heterocycles. The number of carbonyl (C=O) groups excluding carboxylic acids is 2. The van der Waals surface area contributed by atoms with Gasteiger partial charge in [0.1, 0.15) is 11.5 Å². The highest BCUT2D eigenvalue weighted by atomic mass is 19.1. The summed E-state index contributed by atoms with van der Waals surface area (Å²) in [7, 11) is 0. The smallest absolute Gasteiger partial charge is 0.260 e. The number of aromatic nitrogens is 1. The number of aliphatic hydroxyl groups excluding tert-OH is 1. The van der Waals surface area contributed by atoms with Crippen LogP contribution >= 0.6 is 0 Å². The standard InChI is InChI=1S/C29H38F2N4O4/c1-3-29(31,4-2)18-35-11-9-19(10-12-35)17-39-26-8-6-21(15-33-26)20-5-7-23(24(30)13-20)27(37)34-28(38)25-14-22(36)16-32-25/h5-8,13,15,19,22,25,32,36H,3-4,9-12,14,16-18H2,1-2H3,(H,34,37,38)/t22-,25+/m1/s1. The summed E-state index contributed by atoms with van der Waals surface area (Å²) in [5.41, 5.74) is -0.165. The van der Waals surface area contributed by atoms with Gasteiger partial charge in [-0.25, -0.2) is 13.8 Å². The Kier molecular flexibility index (Phi) is 9.63. The van der Waals surface area contributed by atoms with Crippen molar-refractivity contribution >= 4 is 11.8 Å². The van der Waals surface area contributed by atoms with Gasteiger partial charge in [0.05, 0.1) is 24.3 Å². The van der Waals surface area contributed by atoms with Gasteiger partial charge in [-0.15, -0.1) is 0 Å². The Labute approximate surface area is 228 Å². The van der Waals surface area contributed by atoms with Crippen LogP contribution in [0.3, 0.4) is 0 Å². The van der Waals surface area contributed by atoms with Gasteiger partial charge >= 0.3 is 0 Å². The van der Waals surface area contributed by atoms with Crippen molar-refractivity contribution in [1.29, 1.82) is 0 Å². The second-order valence-electron chi connectivity index (χ2n) is 10.6. The third-order valence-electron chi connectivity index (χ3n) is 7.89. The van der Waals surface area contributed by atoms with Crippen molar-refractivity contribution in [1.82, 2.24) is 20.5 Å². The van der Waals surface area contributed by atoms with Crippen LogP contribution < -0.4 is 15.4 Å². The Hall–Kier alpha value is -2.95. The highest BCUT2D eigenvalue weighted by Crippen LogP contribution is 2.27. The summed E-state index contributed by atoms with van der Waals surface area (Å²) in [4.78, 5) is 31.1. The molecule has 0 bridgehead atoms. The molecule has 39 heavy (non-hydrogen) atoms. The van der Waals surface area contributed by atoms with Crippen molar-refractivity contribution < 1.29 is 28.2 Å². The summed E-state index contributed by atoms with van der Waals surface area (Å²) >= 11 is 0. The van der Waals surface area contributed by atoms with E-state index in [2.05, 4.69) is 20.5 Å². The first kappa shape index (κ1) is 29.0. The monoisotopic (exact) mass is 544 g/mol. The Morgan fingerprint density at radius 1 is 1.18 bits per heavy atom. The van der Waals surface area contributed by atoms with Crippen molar-refractivity contribution in [3.05, 3.63) is 47.9 Å². The van der Waals surface area contributed by atoms with E-state index in [-0.39, 0.29) is 18.5 Å². The molecule has 10 heteroatoms. The third kappa shape index (κ3) is 7.58. The largest absolute Gasteiger partial charge is 0.477 e. The molecule has 3 heterocycles. The minimum absolute atomic E-state index is 0.200. The summed E-state index contributed by atoms with van der Waals surface area (Å²) in [5.74, 6) is -1.33. The molecule has 1 aromatic carbocycles. The van der Waals surface area contributed by atoms with Crippen LogP contribution in [0.4, 0.5) is 8.78 Å². The van der Waals surface area contributed by atoms with Crippen LogP contribution in [0.25, 0.3) is 11.1 Å². The highest BCUT2D eigenvalue weighted by molar-refractivity contribution is 6.06. The second kappa shape index (κ2) is 12.9. The first-order valence-corrected chi connectivity index (χ1v) is 13.8. The lowest BCUT2D eigenvalue weighted by Gasteiger charge is -2.36. The zero-order valence-electron chi connectivity index (χ0n) is 22.6. The molecule has 2 aromatic rings. The lowest BCUT2D eigenvalue weighted by atomic mass is 9.94. The topological polar surface area (TPSA) is 104 Å². The van der Waals surface area contributed by atoms with Gasteiger partial charge in [0.2, 0.25) is 11.8 Å². The van der Waals surface area contributed by atoms with E-state index in [4.69, 9.17) is 4.74 Å². The molecule has 0 aliphatic carbocycles. The number of benzene rings is 1. The zero-order chi connectivity index (χ0) is 28.0. The van der Waals surface area contributed by atoms with Gasteiger partial charge in [0, 0.05) is 30.9 Å². The number of nitrogens with zero attached hydrogens (tertiary/aromatic N) is 2. The molecule has 212 valence electrons. The number of likely N-dealkylation sites (tertiary alicyclic amines) is 1. The predicted octanol–water partition coefficient (Wildman–Crippen LogP) is 3.49. The number of piperidine rings is 1. The van der Waals surface area contributed by atoms with Gasteiger partial charge in [0.15, 0.2) is 0 Å². The second-order valence-corrected chi connectivity index (χ2v) is 10.6. The number of hydrogen-bond acceptors (Lipinski definition) is 7. The summed E-state index contributed by atoms with van der Waals surface area (Å²) < 4.78 is 35.3. The normalized spacial score (nSPS) is 20.6. The van der Waals surface area contributed by atoms with Crippen molar-refractivity contribution in [3.63, 3.8) is 0 Å². The fraction of sp³-hybridized carbons (Fsp3) is 0.552. The number of aliphatic hydroxyl groups is 1. The van der Waals surface area contributed by atoms with Gasteiger partial charge in [-0.05, 0) is 74.9 Å². The van der Waals surface area contributed by atoms with E-state index in [9.17, 15) is 23.5 Å². The molecule has 0 unspecified atom stereocenters. The van der Waals surface area contributed by atoms with Crippen molar-refractivity contribution in [2.75, 3.05) is 32.8 Å². The van der Waals surface area contributed by atoms with Gasteiger partial charge in [-0.2, -0.15) is 0 Å². The van der Waals surface area contributed by atoms with Crippen LogP contribution in [0.15, 0.2) is 36.5 Å². The van der Waals surface area contributed by atoms with E-state index in [0.717, 1.165) is 25.9 Å². The number of pyridine rings is 1. The molecular weight excluding hydrogens is 506 g/mol. The molecule has 4 rings (SSSR count). The van der Waals surface area contributed by atoms with Gasteiger partial charge < -0.3 is 20.1 Å². The highest BCUT2D eigenvalue weighted by Gasteiger charge is 2.31. The quantitative estimate of drug-likeness (QED) is 0.394. The molecule has 0 spiro atoms. The van der Waals surface area contributed by atoms with Crippen LogP contribution in [0, 0.1) is 11.7 Å². The molecule has 2 fully saturated rings. The van der Waals surface area contributed by atoms with E-state index in [1.165, 1.54) is 12.1 Å². The van der Waals surface area contributed by atoms with Crippen LogP contribution in [-0.2, 0) is 4.79 Å². The van der Waals surface area contributed by atoms with E-state index in [0.29, 0.717) is 48.9 Å². The number of β-amino-alcohol motifs (C(OH)–C–C–N with tert-alkyl or cyclic N) is 1. The first-order chi connectivity index (χ1) is 18.7. The van der Waals surface area contributed by atoms with Crippen molar-refractivity contribution in [3.8, 4) is 17.0 Å². The Morgan fingerprint density at radius 3 is 2.49 bits per heavy atom. The van der Waals surface area contributed by atoms with E-state index in [1.807, 2.05) is 13.8 Å².